The zero-order valence-electron chi connectivity index (χ0n) is 45.7. The molecule has 4 saturated carbocycles. The second-order valence-electron chi connectivity index (χ2n) is 24.7. The van der Waals surface area contributed by atoms with Gasteiger partial charge in [0.15, 0.2) is 5.71 Å². The lowest BCUT2D eigenvalue weighted by Crippen LogP contribution is -2.62. The molecule has 6 N–H and O–H groups in total. The molecule has 2 aromatic rings. The first-order valence-corrected chi connectivity index (χ1v) is 30.5. The number of benzene rings is 2. The van der Waals surface area contributed by atoms with Crippen molar-refractivity contribution in [3.8, 4) is 0 Å². The lowest BCUT2D eigenvalue weighted by Gasteiger charge is -2.66. The number of amides is 2. The number of ether oxygens (including phenoxy) is 2. The van der Waals surface area contributed by atoms with Gasteiger partial charge in [0, 0.05) is 71.9 Å². The molecule has 0 saturated heterocycles. The molecule has 4 fully saturated rings. The van der Waals surface area contributed by atoms with Crippen molar-refractivity contribution in [3.63, 3.8) is 0 Å². The SMILES string of the molecule is CC1(C)C(=CC=CC=CC2=[N+](CCCCCC(=O)NCCNC(=O)COC3CC[C@]4(C)C5C[C@@H](O)[C@]6(C)C(C7=CC(=O)OC7)CC[C@]6(C)C5CC[C@@H]4C3)c3ccc(S(=O)(=O)O)cc3C2(C)C)Nc2ccc(S(=O)(=O)O)cc21. The number of carbonyl (C=O) groups is 3. The van der Waals surface area contributed by atoms with Gasteiger partial charge in [0.2, 0.25) is 17.5 Å². The topological polar surface area (TPSA) is 238 Å². The first-order chi connectivity index (χ1) is 36.2. The number of carbonyl (C=O) groups excluding carboxylic acids is 3. The predicted molar refractivity (Wildman–Crippen MR) is 293 cm³/mol. The van der Waals surface area contributed by atoms with Gasteiger partial charge >= 0.3 is 5.97 Å². The molecule has 18 heteroatoms. The molecule has 2 amide bonds. The van der Waals surface area contributed by atoms with E-state index in [1.165, 1.54) is 24.3 Å². The smallest absolute Gasteiger partial charge is 0.331 e. The quantitative estimate of drug-likeness (QED) is 0.0270. The van der Waals surface area contributed by atoms with E-state index in [-0.39, 0.29) is 69.0 Å². The minimum absolute atomic E-state index is 0.00564. The van der Waals surface area contributed by atoms with E-state index in [0.29, 0.717) is 50.3 Å². The highest BCUT2D eigenvalue weighted by atomic mass is 32.2. The van der Waals surface area contributed by atoms with E-state index in [1.807, 2.05) is 58.1 Å². The van der Waals surface area contributed by atoms with Crippen molar-refractivity contribution in [3.05, 3.63) is 95.3 Å². The molecule has 0 aromatic heterocycles. The molecule has 0 spiro atoms. The van der Waals surface area contributed by atoms with Crippen molar-refractivity contribution in [2.45, 2.75) is 158 Å². The largest absolute Gasteiger partial charge is 0.458 e. The average molecular weight is 1100 g/mol. The minimum Gasteiger partial charge on any atom is -0.458 e. The second kappa shape index (κ2) is 21.2. The van der Waals surface area contributed by atoms with Crippen LogP contribution in [0.25, 0.3) is 0 Å². The molecule has 16 nitrogen and oxygen atoms in total. The summed E-state index contributed by atoms with van der Waals surface area (Å²) in [4.78, 5) is 37.4. The number of hydrogen-bond donors (Lipinski definition) is 6. The van der Waals surface area contributed by atoms with Crippen LogP contribution in [0.15, 0.2) is 93.9 Å². The summed E-state index contributed by atoms with van der Waals surface area (Å²) >= 11 is 0. The average Bonchev–Trinajstić information content (AvgIpc) is 4.31. The number of aliphatic hydroxyl groups excluding tert-OH is 1. The molecular formula is C59H79N4O12S2+. The molecule has 3 aliphatic heterocycles. The highest BCUT2D eigenvalue weighted by Gasteiger charge is 2.69. The van der Waals surface area contributed by atoms with E-state index in [4.69, 9.17) is 9.47 Å². The fraction of sp³-hybridized carbons (Fsp3) is 0.593. The predicted octanol–water partition coefficient (Wildman–Crippen LogP) is 8.64. The van der Waals surface area contributed by atoms with Crippen molar-refractivity contribution in [2.24, 2.45) is 39.9 Å². The van der Waals surface area contributed by atoms with E-state index in [9.17, 15) is 45.4 Å². The fourth-order valence-electron chi connectivity index (χ4n) is 15.4. The Bertz CT molecular complexity index is 3090. The summed E-state index contributed by atoms with van der Waals surface area (Å²) in [6, 6.07) is 9.12. The second-order valence-corrected chi connectivity index (χ2v) is 27.5. The van der Waals surface area contributed by atoms with Gasteiger partial charge in [0.25, 0.3) is 20.2 Å². The number of cyclic esters (lactones) is 1. The minimum atomic E-state index is -4.44. The molecular weight excluding hydrogens is 1020 g/mol. The molecule has 3 heterocycles. The molecule has 77 heavy (non-hydrogen) atoms. The van der Waals surface area contributed by atoms with Gasteiger partial charge in [-0.15, -0.1) is 0 Å². The van der Waals surface area contributed by atoms with E-state index in [1.54, 1.807) is 18.2 Å². The third-order valence-corrected chi connectivity index (χ3v) is 21.7. The van der Waals surface area contributed by atoms with E-state index in [0.717, 1.165) is 104 Å². The summed E-state index contributed by atoms with van der Waals surface area (Å²) in [5, 5.41) is 21.2. The molecule has 0 radical (unpaired) electrons. The van der Waals surface area contributed by atoms with Crippen LogP contribution in [-0.2, 0) is 54.9 Å². The van der Waals surface area contributed by atoms with Crippen molar-refractivity contribution < 1.29 is 59.5 Å². The van der Waals surface area contributed by atoms with Crippen molar-refractivity contribution in [1.29, 1.82) is 0 Å². The molecule has 9 rings (SSSR count). The van der Waals surface area contributed by atoms with Crippen LogP contribution >= 0.6 is 0 Å². The molecule has 2 aromatic carbocycles. The molecule has 9 atom stereocenters. The van der Waals surface area contributed by atoms with Gasteiger partial charge in [-0.25, -0.2) is 4.79 Å². The first-order valence-electron chi connectivity index (χ1n) is 27.6. The summed E-state index contributed by atoms with van der Waals surface area (Å²) < 4.78 is 81.2. The molecule has 4 aliphatic carbocycles. The maximum atomic E-state index is 12.9. The number of nitrogens with zero attached hydrogens (tertiary/aromatic N) is 1. The third-order valence-electron chi connectivity index (χ3n) is 20.0. The van der Waals surface area contributed by atoms with Crippen LogP contribution in [0.4, 0.5) is 11.4 Å². The van der Waals surface area contributed by atoms with Crippen LogP contribution in [0.1, 0.15) is 137 Å². The zero-order valence-corrected chi connectivity index (χ0v) is 47.3. The Morgan fingerprint density at radius 3 is 2.21 bits per heavy atom. The number of nitrogens with one attached hydrogen (secondary N) is 3. The van der Waals surface area contributed by atoms with Crippen LogP contribution in [0.2, 0.25) is 0 Å². The summed E-state index contributed by atoms with van der Waals surface area (Å²) in [6.45, 7) is 16.6. The third kappa shape index (κ3) is 10.7. The zero-order chi connectivity index (χ0) is 55.5. The lowest BCUT2D eigenvalue weighted by molar-refractivity contribution is -0.438. The number of rotatable bonds is 18. The van der Waals surface area contributed by atoms with Crippen molar-refractivity contribution in [2.75, 3.05) is 38.2 Å². The van der Waals surface area contributed by atoms with Crippen molar-refractivity contribution >= 4 is 55.1 Å². The maximum Gasteiger partial charge on any atom is 0.331 e. The highest BCUT2D eigenvalue weighted by molar-refractivity contribution is 7.86. The Kier molecular flexibility index (Phi) is 15.7. The van der Waals surface area contributed by atoms with Crippen molar-refractivity contribution in [1.82, 2.24) is 10.6 Å². The van der Waals surface area contributed by atoms with Gasteiger partial charge < -0.3 is 30.5 Å². The summed E-state index contributed by atoms with van der Waals surface area (Å²) in [7, 11) is -8.80. The first kappa shape index (κ1) is 56.7. The van der Waals surface area contributed by atoms with Crippen LogP contribution in [0.3, 0.4) is 0 Å². The summed E-state index contributed by atoms with van der Waals surface area (Å²) in [5.74, 6) is 0.941. The fourth-order valence-corrected chi connectivity index (χ4v) is 16.4. The lowest BCUT2D eigenvalue weighted by atomic mass is 9.39. The van der Waals surface area contributed by atoms with Gasteiger partial charge in [-0.05, 0) is 160 Å². The summed E-state index contributed by atoms with van der Waals surface area (Å²) in [5.41, 5.74) is 4.46. The Morgan fingerprint density at radius 1 is 0.805 bits per heavy atom. The molecule has 4 unspecified atom stereocenters. The Hall–Kier alpha value is -4.98. The number of fused-ring (bicyclic) bond motifs is 7. The maximum absolute atomic E-state index is 12.9. The highest BCUT2D eigenvalue weighted by Crippen LogP contribution is 2.73. The van der Waals surface area contributed by atoms with Gasteiger partial charge in [0.1, 0.15) is 19.8 Å². The number of hydrogen-bond acceptors (Lipinski definition) is 11. The van der Waals surface area contributed by atoms with Gasteiger partial charge in [0.05, 0.1) is 27.4 Å². The van der Waals surface area contributed by atoms with E-state index < -0.39 is 37.2 Å². The number of aliphatic hydroxyl groups is 1. The number of allylic oxidation sites excluding steroid dienone is 6. The molecule has 0 bridgehead atoms. The number of esters is 1. The number of anilines is 1. The van der Waals surface area contributed by atoms with Crippen LogP contribution in [0.5, 0.6) is 0 Å². The summed E-state index contributed by atoms with van der Waals surface area (Å²) in [6.07, 6.45) is 21.0. The number of unbranched alkanes of at least 4 members (excludes halogenated alkanes) is 2. The molecule has 418 valence electrons. The van der Waals surface area contributed by atoms with Gasteiger partial charge in [-0.3, -0.25) is 18.7 Å². The van der Waals surface area contributed by atoms with Crippen LogP contribution in [0, 0.1) is 39.9 Å². The monoisotopic (exact) mass is 1100 g/mol. The van der Waals surface area contributed by atoms with Gasteiger partial charge in [-0.1, -0.05) is 52.8 Å². The standard InChI is InChI=1S/C59H78N4O12S2/c1-55(2)45-32-40(76(68,69)70)18-21-47(45)62-49(55)14-10-8-11-15-50-56(3,4)46-33-41(77(71,72)73)19-22-48(46)63(50)29-13-9-12-16-52(65)60-27-28-61-53(66)36-74-39-23-25-57(5)38(31-39)17-20-43-44(57)34-51(64)59(7)42(24-26-58(43,59)6)37-30-54(67)75-35-37/h8,10-11,14-15,18-19,21-22,30,32-33,38-39,42-44,51,64H,9,12-13,16-17,20,23-29,31,34-36H2,1-7H3,(H4,60,61,65,66,68,69,70,71,72,73)/p+1/t38-,39?,42?,43?,44?,51-,57+,58-,59+/m1/s1. The van der Waals surface area contributed by atoms with Crippen LogP contribution < -0.4 is 16.0 Å². The Morgan fingerprint density at radius 2 is 1.51 bits per heavy atom. The molecule has 7 aliphatic rings. The Balaban J connectivity index is 0.714. The van der Waals surface area contributed by atoms with E-state index in [2.05, 4.69) is 41.3 Å². The Labute approximate surface area is 454 Å². The normalized spacial score (nSPS) is 31.6. The van der Waals surface area contributed by atoms with Gasteiger partial charge in [-0.2, -0.15) is 21.4 Å². The van der Waals surface area contributed by atoms with Crippen LogP contribution in [-0.4, -0.2) is 104 Å². The van der Waals surface area contributed by atoms with E-state index >= 15 is 0 Å².